The van der Waals surface area contributed by atoms with Crippen LogP contribution in [0.4, 0.5) is 0 Å². The molecule has 4 N–H and O–H groups in total. The van der Waals surface area contributed by atoms with Crippen LogP contribution in [0.3, 0.4) is 0 Å². The average Bonchev–Trinajstić information content (AvgIpc) is 2.40. The van der Waals surface area contributed by atoms with Gasteiger partial charge in [0.05, 0.1) is 0 Å². The summed E-state index contributed by atoms with van der Waals surface area (Å²) in [5, 5.41) is 7.10. The molecule has 0 fully saturated rings. The van der Waals surface area contributed by atoms with Gasteiger partial charge in [-0.1, -0.05) is 39.0 Å². The SMILES string of the molecule is CCCC(C)NCCCNCCCCCCCCN. The van der Waals surface area contributed by atoms with Crippen LogP contribution in [0.2, 0.25) is 0 Å². The Kier molecular flexibility index (Phi) is 15.8. The minimum Gasteiger partial charge on any atom is -0.330 e. The Bertz CT molecular complexity index is 162. The van der Waals surface area contributed by atoms with E-state index in [1.807, 2.05) is 0 Å². The molecule has 0 saturated carbocycles. The molecule has 0 saturated heterocycles. The molecule has 0 aromatic carbocycles. The first-order valence-electron chi connectivity index (χ1n) is 8.45. The van der Waals surface area contributed by atoms with E-state index in [2.05, 4.69) is 24.5 Å². The van der Waals surface area contributed by atoms with E-state index < -0.39 is 0 Å². The maximum atomic E-state index is 5.47. The fraction of sp³-hybridized carbons (Fsp3) is 1.00. The summed E-state index contributed by atoms with van der Waals surface area (Å²) in [5.41, 5.74) is 5.47. The molecule has 116 valence electrons. The monoisotopic (exact) mass is 271 g/mol. The first-order valence-corrected chi connectivity index (χ1v) is 8.45. The molecule has 0 aliphatic heterocycles. The van der Waals surface area contributed by atoms with Crippen molar-refractivity contribution in [1.29, 1.82) is 0 Å². The largest absolute Gasteiger partial charge is 0.330 e. The van der Waals surface area contributed by atoms with Crippen molar-refractivity contribution in [3.8, 4) is 0 Å². The fourth-order valence-corrected chi connectivity index (χ4v) is 2.32. The van der Waals surface area contributed by atoms with Gasteiger partial charge in [0.25, 0.3) is 0 Å². The lowest BCUT2D eigenvalue weighted by molar-refractivity contribution is 0.489. The first kappa shape index (κ1) is 18.9. The Labute approximate surface area is 121 Å². The first-order chi connectivity index (χ1) is 9.31. The van der Waals surface area contributed by atoms with Crippen molar-refractivity contribution in [2.24, 2.45) is 5.73 Å². The highest BCUT2D eigenvalue weighted by Crippen LogP contribution is 2.03. The minimum atomic E-state index is 0.679. The summed E-state index contributed by atoms with van der Waals surface area (Å²) in [6.45, 7) is 8.86. The number of nitrogens with one attached hydrogen (secondary N) is 2. The molecular weight excluding hydrogens is 234 g/mol. The molecule has 3 heteroatoms. The molecule has 1 atom stereocenters. The van der Waals surface area contributed by atoms with Crippen molar-refractivity contribution in [2.45, 2.75) is 77.7 Å². The second-order valence-electron chi connectivity index (χ2n) is 5.66. The summed E-state index contributed by atoms with van der Waals surface area (Å²) in [4.78, 5) is 0. The van der Waals surface area contributed by atoms with Crippen LogP contribution in [0, 0.1) is 0 Å². The van der Waals surface area contributed by atoms with E-state index in [0.717, 1.165) is 19.6 Å². The predicted octanol–water partition coefficient (Wildman–Crippen LogP) is 3.04. The second-order valence-corrected chi connectivity index (χ2v) is 5.66. The van der Waals surface area contributed by atoms with Gasteiger partial charge in [-0.25, -0.2) is 0 Å². The van der Waals surface area contributed by atoms with Crippen molar-refractivity contribution in [2.75, 3.05) is 26.2 Å². The van der Waals surface area contributed by atoms with Crippen LogP contribution in [-0.2, 0) is 0 Å². The van der Waals surface area contributed by atoms with Crippen molar-refractivity contribution < 1.29 is 0 Å². The zero-order valence-corrected chi connectivity index (χ0v) is 13.3. The maximum absolute atomic E-state index is 5.47. The maximum Gasteiger partial charge on any atom is 0.00386 e. The topological polar surface area (TPSA) is 50.1 Å². The van der Waals surface area contributed by atoms with Crippen molar-refractivity contribution >= 4 is 0 Å². The summed E-state index contributed by atoms with van der Waals surface area (Å²) >= 11 is 0. The van der Waals surface area contributed by atoms with Gasteiger partial charge in [-0.15, -0.1) is 0 Å². The van der Waals surface area contributed by atoms with Crippen LogP contribution >= 0.6 is 0 Å². The van der Waals surface area contributed by atoms with Gasteiger partial charge < -0.3 is 16.4 Å². The molecule has 3 nitrogen and oxygen atoms in total. The van der Waals surface area contributed by atoms with E-state index in [0.29, 0.717) is 6.04 Å². The van der Waals surface area contributed by atoms with Crippen molar-refractivity contribution in [3.05, 3.63) is 0 Å². The molecule has 0 aromatic rings. The van der Waals surface area contributed by atoms with E-state index in [1.54, 1.807) is 0 Å². The molecular formula is C16H37N3. The van der Waals surface area contributed by atoms with Crippen LogP contribution in [-0.4, -0.2) is 32.2 Å². The molecule has 0 aliphatic carbocycles. The summed E-state index contributed by atoms with van der Waals surface area (Å²) in [6, 6.07) is 0.679. The van der Waals surface area contributed by atoms with E-state index in [4.69, 9.17) is 5.73 Å². The predicted molar refractivity (Wildman–Crippen MR) is 86.6 cm³/mol. The summed E-state index contributed by atoms with van der Waals surface area (Å²) < 4.78 is 0. The summed E-state index contributed by atoms with van der Waals surface area (Å²) in [6.07, 6.45) is 11.7. The van der Waals surface area contributed by atoms with E-state index in [9.17, 15) is 0 Å². The Morgan fingerprint density at radius 1 is 0.842 bits per heavy atom. The molecule has 1 unspecified atom stereocenters. The zero-order valence-electron chi connectivity index (χ0n) is 13.3. The average molecular weight is 271 g/mol. The normalized spacial score (nSPS) is 12.8. The third kappa shape index (κ3) is 15.8. The highest BCUT2D eigenvalue weighted by atomic mass is 14.9. The van der Waals surface area contributed by atoms with Gasteiger partial charge in [-0.05, 0) is 58.8 Å². The van der Waals surface area contributed by atoms with Crippen LogP contribution < -0.4 is 16.4 Å². The molecule has 0 radical (unpaired) electrons. The molecule has 0 rings (SSSR count). The smallest absolute Gasteiger partial charge is 0.00386 e. The molecule has 0 spiro atoms. The lowest BCUT2D eigenvalue weighted by atomic mass is 10.1. The summed E-state index contributed by atoms with van der Waals surface area (Å²) in [5.74, 6) is 0. The van der Waals surface area contributed by atoms with Gasteiger partial charge in [0.2, 0.25) is 0 Å². The Morgan fingerprint density at radius 3 is 2.16 bits per heavy atom. The number of unbranched alkanes of at least 4 members (excludes halogenated alkanes) is 5. The molecule has 0 amide bonds. The van der Waals surface area contributed by atoms with Gasteiger partial charge >= 0.3 is 0 Å². The summed E-state index contributed by atoms with van der Waals surface area (Å²) in [7, 11) is 0. The van der Waals surface area contributed by atoms with Gasteiger partial charge in [0.1, 0.15) is 0 Å². The van der Waals surface area contributed by atoms with Gasteiger partial charge in [-0.2, -0.15) is 0 Å². The van der Waals surface area contributed by atoms with Crippen LogP contribution in [0.5, 0.6) is 0 Å². The van der Waals surface area contributed by atoms with Gasteiger partial charge in [0, 0.05) is 6.04 Å². The number of hydrogen-bond acceptors (Lipinski definition) is 3. The minimum absolute atomic E-state index is 0.679. The number of hydrogen-bond donors (Lipinski definition) is 3. The standard InChI is InChI=1S/C16H37N3/c1-3-11-16(2)19-15-10-14-18-13-9-7-5-4-6-8-12-17/h16,18-19H,3-15,17H2,1-2H3. The molecule has 0 aromatic heterocycles. The van der Waals surface area contributed by atoms with Crippen molar-refractivity contribution in [1.82, 2.24) is 10.6 Å². The molecule has 0 bridgehead atoms. The van der Waals surface area contributed by atoms with Crippen LogP contribution in [0.25, 0.3) is 0 Å². The van der Waals surface area contributed by atoms with Crippen molar-refractivity contribution in [3.63, 3.8) is 0 Å². The lowest BCUT2D eigenvalue weighted by Gasteiger charge is -2.12. The second kappa shape index (κ2) is 15.9. The van der Waals surface area contributed by atoms with Gasteiger partial charge in [0.15, 0.2) is 0 Å². The molecule has 19 heavy (non-hydrogen) atoms. The lowest BCUT2D eigenvalue weighted by Crippen LogP contribution is -2.29. The van der Waals surface area contributed by atoms with Crippen LogP contribution in [0.15, 0.2) is 0 Å². The zero-order chi connectivity index (χ0) is 14.2. The number of nitrogens with two attached hydrogens (primary N) is 1. The number of rotatable bonds is 15. The van der Waals surface area contributed by atoms with E-state index in [-0.39, 0.29) is 0 Å². The van der Waals surface area contributed by atoms with Crippen LogP contribution in [0.1, 0.15) is 71.6 Å². The molecule has 0 heterocycles. The molecule has 0 aliphatic rings. The third-order valence-corrected chi connectivity index (χ3v) is 3.55. The Hall–Kier alpha value is -0.120. The van der Waals surface area contributed by atoms with E-state index in [1.165, 1.54) is 64.3 Å². The quantitative estimate of drug-likeness (QED) is 0.401. The fourth-order valence-electron chi connectivity index (χ4n) is 2.32. The Morgan fingerprint density at radius 2 is 1.47 bits per heavy atom. The van der Waals surface area contributed by atoms with E-state index >= 15 is 0 Å². The Balaban J connectivity index is 2.99. The van der Waals surface area contributed by atoms with Gasteiger partial charge in [-0.3, -0.25) is 0 Å². The highest BCUT2D eigenvalue weighted by molar-refractivity contribution is 4.60. The third-order valence-electron chi connectivity index (χ3n) is 3.55. The highest BCUT2D eigenvalue weighted by Gasteiger charge is 1.97.